The van der Waals surface area contributed by atoms with Gasteiger partial charge in [-0.3, -0.25) is 9.59 Å². The summed E-state index contributed by atoms with van der Waals surface area (Å²) in [7, 11) is 4.29. The van der Waals surface area contributed by atoms with Crippen molar-refractivity contribution in [3.8, 4) is 11.5 Å². The molecular formula is C19H20FNO5. The molecule has 0 N–H and O–H groups in total. The highest BCUT2D eigenvalue weighted by molar-refractivity contribution is 5.95. The molecule has 0 aliphatic rings. The molecule has 6 nitrogen and oxygen atoms in total. The lowest BCUT2D eigenvalue weighted by Gasteiger charge is -2.22. The van der Waals surface area contributed by atoms with Crippen LogP contribution in [0.25, 0.3) is 0 Å². The van der Waals surface area contributed by atoms with E-state index in [1.165, 1.54) is 50.5 Å². The fourth-order valence-corrected chi connectivity index (χ4v) is 2.37. The molecule has 0 spiro atoms. The first-order chi connectivity index (χ1) is 12.5. The minimum absolute atomic E-state index is 0.124. The second-order valence-electron chi connectivity index (χ2n) is 5.47. The minimum atomic E-state index is -0.560. The van der Waals surface area contributed by atoms with Crippen LogP contribution in [0.5, 0.6) is 11.5 Å². The number of halogens is 1. The Morgan fingerprint density at radius 1 is 0.962 bits per heavy atom. The molecule has 7 heteroatoms. The SMILES string of the molecule is COC(=O)CN(Cc1cc(OC)cc(OC)c1)C(=O)c1ccc(F)cc1. The first-order valence-electron chi connectivity index (χ1n) is 7.80. The normalized spacial score (nSPS) is 10.2. The van der Waals surface area contributed by atoms with Gasteiger partial charge in [0.15, 0.2) is 0 Å². The van der Waals surface area contributed by atoms with Gasteiger partial charge in [-0.1, -0.05) is 0 Å². The molecular weight excluding hydrogens is 341 g/mol. The van der Waals surface area contributed by atoms with Crippen LogP contribution in [0.15, 0.2) is 42.5 Å². The molecule has 0 bridgehead atoms. The molecule has 0 fully saturated rings. The third kappa shape index (κ3) is 4.95. The van der Waals surface area contributed by atoms with E-state index in [1.807, 2.05) is 0 Å². The van der Waals surface area contributed by atoms with Crippen molar-refractivity contribution < 1.29 is 28.2 Å². The lowest BCUT2D eigenvalue weighted by atomic mass is 10.1. The van der Waals surface area contributed by atoms with Gasteiger partial charge < -0.3 is 19.1 Å². The van der Waals surface area contributed by atoms with E-state index in [2.05, 4.69) is 4.74 Å². The Kier molecular flexibility index (Phi) is 6.54. The summed E-state index contributed by atoms with van der Waals surface area (Å²) in [5.74, 6) is -0.302. The molecule has 2 rings (SSSR count). The van der Waals surface area contributed by atoms with Gasteiger partial charge in [0, 0.05) is 18.2 Å². The summed E-state index contributed by atoms with van der Waals surface area (Å²) in [6, 6.07) is 10.3. The van der Waals surface area contributed by atoms with Crippen LogP contribution < -0.4 is 9.47 Å². The molecule has 1 amide bonds. The monoisotopic (exact) mass is 361 g/mol. The molecule has 0 saturated heterocycles. The highest BCUT2D eigenvalue weighted by Gasteiger charge is 2.20. The van der Waals surface area contributed by atoms with E-state index < -0.39 is 17.7 Å². The van der Waals surface area contributed by atoms with Crippen LogP contribution in [0.4, 0.5) is 4.39 Å². The van der Waals surface area contributed by atoms with Gasteiger partial charge in [0.25, 0.3) is 5.91 Å². The van der Waals surface area contributed by atoms with Crippen molar-refractivity contribution in [3.63, 3.8) is 0 Å². The van der Waals surface area contributed by atoms with Crippen LogP contribution in [-0.2, 0) is 16.1 Å². The Balaban J connectivity index is 2.31. The van der Waals surface area contributed by atoms with Gasteiger partial charge in [-0.25, -0.2) is 4.39 Å². The van der Waals surface area contributed by atoms with E-state index in [0.717, 1.165) is 0 Å². The second kappa shape index (κ2) is 8.84. The Morgan fingerprint density at radius 2 is 1.54 bits per heavy atom. The van der Waals surface area contributed by atoms with Crippen molar-refractivity contribution in [3.05, 3.63) is 59.4 Å². The number of nitrogens with zero attached hydrogens (tertiary/aromatic N) is 1. The largest absolute Gasteiger partial charge is 0.497 e. The Hall–Kier alpha value is -3.09. The summed E-state index contributed by atoms with van der Waals surface area (Å²) in [4.78, 5) is 25.8. The molecule has 2 aromatic rings. The fourth-order valence-electron chi connectivity index (χ4n) is 2.37. The van der Waals surface area contributed by atoms with Gasteiger partial charge >= 0.3 is 5.97 Å². The lowest BCUT2D eigenvalue weighted by molar-refractivity contribution is -0.141. The average molecular weight is 361 g/mol. The number of hydrogen-bond donors (Lipinski definition) is 0. The molecule has 0 aromatic heterocycles. The molecule has 0 unspecified atom stereocenters. The van der Waals surface area contributed by atoms with Gasteiger partial charge in [0.05, 0.1) is 21.3 Å². The zero-order valence-electron chi connectivity index (χ0n) is 14.8. The maximum Gasteiger partial charge on any atom is 0.325 e. The predicted octanol–water partition coefficient (Wildman–Crippen LogP) is 2.66. The van der Waals surface area contributed by atoms with Crippen molar-refractivity contribution in [1.29, 1.82) is 0 Å². The Labute approximate surface area is 151 Å². The van der Waals surface area contributed by atoms with Crippen LogP contribution in [-0.4, -0.2) is 44.7 Å². The van der Waals surface area contributed by atoms with E-state index >= 15 is 0 Å². The number of rotatable bonds is 7. The number of benzene rings is 2. The minimum Gasteiger partial charge on any atom is -0.497 e. The number of methoxy groups -OCH3 is 3. The van der Waals surface area contributed by atoms with E-state index in [4.69, 9.17) is 9.47 Å². The van der Waals surface area contributed by atoms with Crippen LogP contribution in [0, 0.1) is 5.82 Å². The van der Waals surface area contributed by atoms with Crippen molar-refractivity contribution in [2.75, 3.05) is 27.9 Å². The fraction of sp³-hybridized carbons (Fsp3) is 0.263. The zero-order chi connectivity index (χ0) is 19.1. The number of ether oxygens (including phenoxy) is 3. The molecule has 0 aliphatic carbocycles. The zero-order valence-corrected chi connectivity index (χ0v) is 14.8. The number of esters is 1. The quantitative estimate of drug-likeness (QED) is 0.710. The third-order valence-corrected chi connectivity index (χ3v) is 3.71. The molecule has 0 heterocycles. The maximum absolute atomic E-state index is 13.1. The summed E-state index contributed by atoms with van der Waals surface area (Å²) in [5.41, 5.74) is 0.978. The van der Waals surface area contributed by atoms with Crippen molar-refractivity contribution in [1.82, 2.24) is 4.90 Å². The maximum atomic E-state index is 13.1. The number of carbonyl (C=O) groups excluding carboxylic acids is 2. The third-order valence-electron chi connectivity index (χ3n) is 3.71. The molecule has 26 heavy (non-hydrogen) atoms. The number of hydrogen-bond acceptors (Lipinski definition) is 5. The summed E-state index contributed by atoms with van der Waals surface area (Å²) >= 11 is 0. The summed E-state index contributed by atoms with van der Waals surface area (Å²) in [6.45, 7) is -0.120. The topological polar surface area (TPSA) is 65.1 Å². The number of carbonyl (C=O) groups is 2. The van der Waals surface area contributed by atoms with Crippen LogP contribution in [0.3, 0.4) is 0 Å². The average Bonchev–Trinajstić information content (AvgIpc) is 2.66. The Bertz CT molecular complexity index is 754. The molecule has 2 aromatic carbocycles. The molecule has 0 aliphatic heterocycles. The van der Waals surface area contributed by atoms with Crippen molar-refractivity contribution in [2.45, 2.75) is 6.54 Å². The van der Waals surface area contributed by atoms with Gasteiger partial charge in [-0.2, -0.15) is 0 Å². The predicted molar refractivity (Wildman–Crippen MR) is 92.7 cm³/mol. The van der Waals surface area contributed by atoms with E-state index in [0.29, 0.717) is 17.1 Å². The highest BCUT2D eigenvalue weighted by Crippen LogP contribution is 2.24. The van der Waals surface area contributed by atoms with Gasteiger partial charge in [-0.05, 0) is 42.0 Å². The van der Waals surface area contributed by atoms with E-state index in [9.17, 15) is 14.0 Å². The van der Waals surface area contributed by atoms with Crippen LogP contribution in [0.1, 0.15) is 15.9 Å². The van der Waals surface area contributed by atoms with Crippen LogP contribution >= 0.6 is 0 Å². The summed E-state index contributed by atoms with van der Waals surface area (Å²) < 4.78 is 28.2. The molecule has 138 valence electrons. The lowest BCUT2D eigenvalue weighted by Crippen LogP contribution is -2.35. The highest BCUT2D eigenvalue weighted by atomic mass is 19.1. The summed E-state index contributed by atoms with van der Waals surface area (Å²) in [6.07, 6.45) is 0. The van der Waals surface area contributed by atoms with Gasteiger partial charge in [0.1, 0.15) is 23.9 Å². The number of amides is 1. The van der Waals surface area contributed by atoms with Crippen LogP contribution in [0.2, 0.25) is 0 Å². The second-order valence-corrected chi connectivity index (χ2v) is 5.47. The summed E-state index contributed by atoms with van der Waals surface area (Å²) in [5, 5.41) is 0. The smallest absolute Gasteiger partial charge is 0.325 e. The van der Waals surface area contributed by atoms with Crippen molar-refractivity contribution >= 4 is 11.9 Å². The van der Waals surface area contributed by atoms with E-state index in [1.54, 1.807) is 18.2 Å². The first kappa shape index (κ1) is 19.2. The standard InChI is InChI=1S/C19H20FNO5/c1-24-16-8-13(9-17(10-16)25-2)11-21(12-18(22)26-3)19(23)14-4-6-15(20)7-5-14/h4-10H,11-12H2,1-3H3. The molecule has 0 saturated carbocycles. The Morgan fingerprint density at radius 3 is 2.04 bits per heavy atom. The van der Waals surface area contributed by atoms with Crippen molar-refractivity contribution in [2.24, 2.45) is 0 Å². The van der Waals surface area contributed by atoms with Gasteiger partial charge in [0.2, 0.25) is 0 Å². The molecule has 0 atom stereocenters. The van der Waals surface area contributed by atoms with Gasteiger partial charge in [-0.15, -0.1) is 0 Å². The first-order valence-corrected chi connectivity index (χ1v) is 7.80. The molecule has 0 radical (unpaired) electrons. The van der Waals surface area contributed by atoms with E-state index in [-0.39, 0.29) is 18.7 Å².